The van der Waals surface area contributed by atoms with E-state index in [0.29, 0.717) is 17.3 Å². The molecule has 0 amide bonds. The van der Waals surface area contributed by atoms with Crippen molar-refractivity contribution in [2.75, 3.05) is 0 Å². The highest BCUT2D eigenvalue weighted by Gasteiger charge is 2.53. The van der Waals surface area contributed by atoms with Crippen molar-refractivity contribution in [3.63, 3.8) is 0 Å². The summed E-state index contributed by atoms with van der Waals surface area (Å²) >= 11 is 0. The van der Waals surface area contributed by atoms with E-state index < -0.39 is 0 Å². The Kier molecular flexibility index (Phi) is 7.87. The average molecular weight is 599 g/mol. The lowest BCUT2D eigenvalue weighted by Gasteiger charge is -2.41. The molecule has 2 atom stereocenters. The van der Waals surface area contributed by atoms with Crippen LogP contribution in [0.5, 0.6) is 0 Å². The molecule has 5 fully saturated rings. The highest BCUT2D eigenvalue weighted by Crippen LogP contribution is 2.66. The fourth-order valence-corrected chi connectivity index (χ4v) is 13.2. The van der Waals surface area contributed by atoms with Gasteiger partial charge in [-0.3, -0.25) is 0 Å². The molecule has 7 aliphatic rings. The highest BCUT2D eigenvalue weighted by molar-refractivity contribution is 5.80. The minimum absolute atomic E-state index is 0.321. The van der Waals surface area contributed by atoms with Gasteiger partial charge in [-0.25, -0.2) is 0 Å². The van der Waals surface area contributed by atoms with Crippen LogP contribution in [0.3, 0.4) is 0 Å². The Morgan fingerprint density at radius 1 is 0.422 bits per heavy atom. The van der Waals surface area contributed by atoms with E-state index in [1.54, 1.807) is 22.3 Å². The van der Waals surface area contributed by atoms with E-state index in [9.17, 15) is 0 Å². The number of allylic oxidation sites excluding steroid dienone is 4. The molecule has 0 radical (unpaired) electrons. The van der Waals surface area contributed by atoms with Crippen LogP contribution in [0.15, 0.2) is 60.7 Å². The minimum Gasteiger partial charge on any atom is -0.0723 e. The molecule has 0 bridgehead atoms. The van der Waals surface area contributed by atoms with Crippen LogP contribution < -0.4 is 0 Å². The van der Waals surface area contributed by atoms with Gasteiger partial charge in [0.05, 0.1) is 0 Å². The quantitative estimate of drug-likeness (QED) is 0.283. The van der Waals surface area contributed by atoms with Crippen molar-refractivity contribution in [1.82, 2.24) is 0 Å². The molecule has 0 saturated heterocycles. The Hall–Kier alpha value is -2.08. The largest absolute Gasteiger partial charge is 0.0723 e. The van der Waals surface area contributed by atoms with Gasteiger partial charge in [0, 0.05) is 11.8 Å². The molecule has 0 spiro atoms. The second-order valence-corrected chi connectivity index (χ2v) is 17.0. The van der Waals surface area contributed by atoms with Crippen molar-refractivity contribution in [3.05, 3.63) is 82.9 Å². The molecule has 0 aromatic heterocycles. The van der Waals surface area contributed by atoms with Crippen molar-refractivity contribution in [2.45, 2.75) is 140 Å². The van der Waals surface area contributed by atoms with Crippen molar-refractivity contribution in [3.8, 4) is 0 Å². The molecule has 0 nitrogen and oxygen atoms in total. The molecule has 7 aliphatic carbocycles. The fourth-order valence-electron chi connectivity index (χ4n) is 13.2. The van der Waals surface area contributed by atoms with Gasteiger partial charge in [0.25, 0.3) is 0 Å². The molecule has 238 valence electrons. The second kappa shape index (κ2) is 12.2. The number of fused-ring (bicyclic) bond motifs is 2. The molecule has 9 rings (SSSR count). The van der Waals surface area contributed by atoms with Crippen molar-refractivity contribution in [1.29, 1.82) is 0 Å². The molecule has 0 N–H and O–H groups in total. The van der Waals surface area contributed by atoms with Crippen LogP contribution in [0.25, 0.3) is 11.1 Å². The molecule has 2 aromatic rings. The summed E-state index contributed by atoms with van der Waals surface area (Å²) in [6.07, 6.45) is 35.0. The number of benzene rings is 2. The summed E-state index contributed by atoms with van der Waals surface area (Å²) < 4.78 is 0. The second-order valence-electron chi connectivity index (χ2n) is 17.0. The summed E-state index contributed by atoms with van der Waals surface area (Å²) in [5.41, 5.74) is 10.7. The monoisotopic (exact) mass is 598 g/mol. The summed E-state index contributed by atoms with van der Waals surface area (Å²) in [7, 11) is 0. The first-order valence-corrected chi connectivity index (χ1v) is 19.9. The standard InChI is InChI=1S/C45H58/c1-2-16-31(15-1)43(32-17-3-4-18-32)39-29-41(37-25-11-9-23-35(37)39)45(27-13-14-28-45)42-30-40(36-24-10-12-26-38(36)42)44(33-19-5-6-20-33)34-21-7-8-22-34/h9-12,23-26,29-34,41-44H,1-8,13-22,27-28H2. The van der Waals surface area contributed by atoms with Gasteiger partial charge in [-0.05, 0) is 139 Å². The molecular formula is C45H58. The van der Waals surface area contributed by atoms with E-state index in [2.05, 4.69) is 60.7 Å². The Labute approximate surface area is 274 Å². The van der Waals surface area contributed by atoms with Crippen LogP contribution in [0.1, 0.15) is 163 Å². The maximum Gasteiger partial charge on any atom is 0.00954 e. The number of hydrogen-bond donors (Lipinski definition) is 0. The average Bonchev–Trinajstić information content (AvgIpc) is 3.92. The first kappa shape index (κ1) is 29.1. The van der Waals surface area contributed by atoms with E-state index in [0.717, 1.165) is 35.5 Å². The van der Waals surface area contributed by atoms with Gasteiger partial charge in [-0.2, -0.15) is 0 Å². The van der Waals surface area contributed by atoms with Gasteiger partial charge in [0.2, 0.25) is 0 Å². The summed E-state index contributed by atoms with van der Waals surface area (Å²) in [6, 6.07) is 19.8. The number of hydrogen-bond acceptors (Lipinski definition) is 0. The first-order chi connectivity index (χ1) is 22.3. The fraction of sp³-hybridized carbons (Fsp3) is 0.644. The van der Waals surface area contributed by atoms with Gasteiger partial charge in [0.1, 0.15) is 0 Å². The smallest absolute Gasteiger partial charge is 0.00954 e. The normalized spacial score (nSPS) is 28.9. The summed E-state index contributed by atoms with van der Waals surface area (Å²) in [4.78, 5) is 0. The summed E-state index contributed by atoms with van der Waals surface area (Å²) in [6.45, 7) is 0. The Balaban J connectivity index is 1.16. The summed E-state index contributed by atoms with van der Waals surface area (Å²) in [5.74, 6) is 6.42. The van der Waals surface area contributed by atoms with Crippen LogP contribution in [-0.2, 0) is 0 Å². The van der Waals surface area contributed by atoms with Crippen LogP contribution >= 0.6 is 0 Å². The molecule has 2 unspecified atom stereocenters. The molecule has 0 heterocycles. The first-order valence-electron chi connectivity index (χ1n) is 19.9. The van der Waals surface area contributed by atoms with Crippen LogP contribution in [0.2, 0.25) is 0 Å². The van der Waals surface area contributed by atoms with Gasteiger partial charge < -0.3 is 0 Å². The molecular weight excluding hydrogens is 540 g/mol. The maximum atomic E-state index is 2.96. The van der Waals surface area contributed by atoms with Gasteiger partial charge in [-0.1, -0.05) is 125 Å². The van der Waals surface area contributed by atoms with Gasteiger partial charge in [0.15, 0.2) is 0 Å². The third-order valence-corrected chi connectivity index (χ3v) is 15.0. The Bertz CT molecular complexity index is 1270. The van der Waals surface area contributed by atoms with Crippen molar-refractivity contribution in [2.24, 2.45) is 40.9 Å². The summed E-state index contributed by atoms with van der Waals surface area (Å²) in [5, 5.41) is 0. The van der Waals surface area contributed by atoms with Gasteiger partial charge >= 0.3 is 0 Å². The maximum absolute atomic E-state index is 2.96. The van der Waals surface area contributed by atoms with Gasteiger partial charge in [-0.15, -0.1) is 0 Å². The topological polar surface area (TPSA) is 0 Å². The number of rotatable bonds is 8. The Morgan fingerprint density at radius 3 is 1.11 bits per heavy atom. The predicted octanol–water partition coefficient (Wildman–Crippen LogP) is 12.9. The zero-order valence-electron chi connectivity index (χ0n) is 28.0. The molecule has 45 heavy (non-hydrogen) atoms. The van der Waals surface area contributed by atoms with Crippen LogP contribution in [-0.4, -0.2) is 0 Å². The van der Waals surface area contributed by atoms with E-state index in [4.69, 9.17) is 0 Å². The Morgan fingerprint density at radius 2 is 0.756 bits per heavy atom. The highest BCUT2D eigenvalue weighted by atomic mass is 14.6. The van der Waals surface area contributed by atoms with Crippen molar-refractivity contribution >= 4 is 11.1 Å². The molecule has 5 saturated carbocycles. The van der Waals surface area contributed by atoms with E-state index >= 15 is 0 Å². The third kappa shape index (κ3) is 4.89. The lowest BCUT2D eigenvalue weighted by molar-refractivity contribution is 0.231. The lowest BCUT2D eigenvalue weighted by Crippen LogP contribution is -2.30. The van der Waals surface area contributed by atoms with E-state index in [-0.39, 0.29) is 0 Å². The van der Waals surface area contributed by atoms with Crippen molar-refractivity contribution < 1.29 is 0 Å². The van der Waals surface area contributed by atoms with E-state index in [1.807, 2.05) is 11.1 Å². The molecule has 0 aliphatic heterocycles. The zero-order chi connectivity index (χ0) is 29.8. The SMILES string of the molecule is C1=C(C(C2CCCC2)C2CCCC2)c2ccccc2C1C1(C2C=C(C(C3CCCC3)C3CCCC3)c3ccccc32)CCCC1. The minimum atomic E-state index is 0.321. The molecule has 2 aromatic carbocycles. The molecule has 0 heteroatoms. The van der Waals surface area contributed by atoms with Crippen LogP contribution in [0.4, 0.5) is 0 Å². The lowest BCUT2D eigenvalue weighted by atomic mass is 9.62. The third-order valence-electron chi connectivity index (χ3n) is 15.0. The zero-order valence-corrected chi connectivity index (χ0v) is 28.0. The van der Waals surface area contributed by atoms with E-state index in [1.165, 1.54) is 128 Å². The van der Waals surface area contributed by atoms with Crippen LogP contribution in [0, 0.1) is 40.9 Å². The predicted molar refractivity (Wildman–Crippen MR) is 190 cm³/mol.